The molecular formula is C9H12N2. The molecule has 1 aromatic rings. The molecule has 0 saturated heterocycles. The van der Waals surface area contributed by atoms with Gasteiger partial charge in [0.05, 0.1) is 5.71 Å². The van der Waals surface area contributed by atoms with Crippen LogP contribution in [0.5, 0.6) is 0 Å². The summed E-state index contributed by atoms with van der Waals surface area (Å²) < 4.78 is 0. The van der Waals surface area contributed by atoms with Crippen LogP contribution >= 0.6 is 0 Å². The standard InChI is InChI=1S/C9H12N2/c1-8(11-10-2)9-6-4-3-5-7-9/h3-7,10H,1-2H3/b11-8-. The molecule has 0 amide bonds. The summed E-state index contributed by atoms with van der Waals surface area (Å²) >= 11 is 0. The predicted octanol–water partition coefficient (Wildman–Crippen LogP) is 1.63. The lowest BCUT2D eigenvalue weighted by atomic mass is 10.1. The summed E-state index contributed by atoms with van der Waals surface area (Å²) in [7, 11) is 1.80. The second-order valence-electron chi connectivity index (χ2n) is 2.29. The van der Waals surface area contributed by atoms with Crippen molar-refractivity contribution in [3.63, 3.8) is 0 Å². The Kier molecular flexibility index (Phi) is 2.66. The summed E-state index contributed by atoms with van der Waals surface area (Å²) in [5.41, 5.74) is 4.92. The Morgan fingerprint density at radius 3 is 2.45 bits per heavy atom. The fourth-order valence-corrected chi connectivity index (χ4v) is 0.912. The van der Waals surface area contributed by atoms with Crippen molar-refractivity contribution < 1.29 is 0 Å². The minimum absolute atomic E-state index is 1.01. The first-order valence-corrected chi connectivity index (χ1v) is 3.61. The Balaban J connectivity index is 2.85. The normalized spacial score (nSPS) is 11.3. The van der Waals surface area contributed by atoms with E-state index in [1.807, 2.05) is 37.3 Å². The number of hydrogen-bond acceptors (Lipinski definition) is 2. The average Bonchev–Trinajstić information content (AvgIpc) is 2.07. The molecule has 1 rings (SSSR count). The smallest absolute Gasteiger partial charge is 0.0644 e. The van der Waals surface area contributed by atoms with Gasteiger partial charge < -0.3 is 5.43 Å². The third-order valence-corrected chi connectivity index (χ3v) is 1.47. The Morgan fingerprint density at radius 1 is 1.27 bits per heavy atom. The molecule has 0 heterocycles. The van der Waals surface area contributed by atoms with E-state index in [0.717, 1.165) is 11.3 Å². The van der Waals surface area contributed by atoms with Gasteiger partial charge in [0.25, 0.3) is 0 Å². The zero-order chi connectivity index (χ0) is 8.10. The largest absolute Gasteiger partial charge is 0.313 e. The summed E-state index contributed by atoms with van der Waals surface area (Å²) in [5.74, 6) is 0. The van der Waals surface area contributed by atoms with Crippen LogP contribution in [0, 0.1) is 0 Å². The first kappa shape index (κ1) is 7.79. The van der Waals surface area contributed by atoms with Crippen LogP contribution in [0.25, 0.3) is 0 Å². The summed E-state index contributed by atoms with van der Waals surface area (Å²) in [6, 6.07) is 10.1. The van der Waals surface area contributed by atoms with Crippen LogP contribution in [0.1, 0.15) is 12.5 Å². The van der Waals surface area contributed by atoms with Crippen molar-refractivity contribution >= 4 is 5.71 Å². The van der Waals surface area contributed by atoms with Crippen molar-refractivity contribution in [1.82, 2.24) is 5.43 Å². The number of nitrogens with zero attached hydrogens (tertiary/aromatic N) is 1. The molecule has 0 fully saturated rings. The van der Waals surface area contributed by atoms with Crippen molar-refractivity contribution in [2.24, 2.45) is 5.10 Å². The highest BCUT2D eigenvalue weighted by atomic mass is 15.3. The zero-order valence-electron chi connectivity index (χ0n) is 6.83. The number of hydrazone groups is 1. The van der Waals surface area contributed by atoms with Gasteiger partial charge in [-0.05, 0) is 12.5 Å². The van der Waals surface area contributed by atoms with Gasteiger partial charge in [0.1, 0.15) is 0 Å². The zero-order valence-corrected chi connectivity index (χ0v) is 6.83. The fraction of sp³-hybridized carbons (Fsp3) is 0.222. The molecular weight excluding hydrogens is 136 g/mol. The first-order chi connectivity index (χ1) is 5.34. The Labute approximate surface area is 66.9 Å². The second-order valence-corrected chi connectivity index (χ2v) is 2.29. The van der Waals surface area contributed by atoms with E-state index in [-0.39, 0.29) is 0 Å². The lowest BCUT2D eigenvalue weighted by Crippen LogP contribution is -2.02. The van der Waals surface area contributed by atoms with E-state index in [2.05, 4.69) is 10.5 Å². The van der Waals surface area contributed by atoms with Crippen LogP contribution in [-0.2, 0) is 0 Å². The molecule has 0 radical (unpaired) electrons. The van der Waals surface area contributed by atoms with E-state index in [1.54, 1.807) is 7.05 Å². The van der Waals surface area contributed by atoms with Crippen molar-refractivity contribution in [3.8, 4) is 0 Å². The second kappa shape index (κ2) is 3.76. The van der Waals surface area contributed by atoms with Gasteiger partial charge in [-0.3, -0.25) is 0 Å². The molecule has 0 aromatic heterocycles. The molecule has 0 aliphatic rings. The van der Waals surface area contributed by atoms with Crippen LogP contribution in [0.2, 0.25) is 0 Å². The molecule has 58 valence electrons. The third-order valence-electron chi connectivity index (χ3n) is 1.47. The van der Waals surface area contributed by atoms with Crippen LogP contribution < -0.4 is 5.43 Å². The number of hydrogen-bond donors (Lipinski definition) is 1. The van der Waals surface area contributed by atoms with Crippen LogP contribution in [-0.4, -0.2) is 12.8 Å². The first-order valence-electron chi connectivity index (χ1n) is 3.61. The van der Waals surface area contributed by atoms with E-state index in [4.69, 9.17) is 0 Å². The van der Waals surface area contributed by atoms with Gasteiger partial charge in [-0.25, -0.2) is 0 Å². The van der Waals surface area contributed by atoms with Crippen molar-refractivity contribution in [2.45, 2.75) is 6.92 Å². The summed E-state index contributed by atoms with van der Waals surface area (Å²) in [4.78, 5) is 0. The molecule has 0 unspecified atom stereocenters. The monoisotopic (exact) mass is 148 g/mol. The molecule has 0 saturated carbocycles. The van der Waals surface area contributed by atoms with Gasteiger partial charge >= 0.3 is 0 Å². The van der Waals surface area contributed by atoms with E-state index in [1.165, 1.54) is 0 Å². The number of rotatable bonds is 2. The lowest BCUT2D eigenvalue weighted by molar-refractivity contribution is 0.900. The van der Waals surface area contributed by atoms with Gasteiger partial charge in [-0.15, -0.1) is 0 Å². The molecule has 0 bridgehead atoms. The molecule has 11 heavy (non-hydrogen) atoms. The SMILES string of the molecule is CN/N=C(/C)c1ccccc1. The maximum Gasteiger partial charge on any atom is 0.0644 e. The molecule has 1 N–H and O–H groups in total. The van der Waals surface area contributed by atoms with Gasteiger partial charge in [-0.2, -0.15) is 5.10 Å². The highest BCUT2D eigenvalue weighted by molar-refractivity contribution is 5.98. The molecule has 1 aromatic carbocycles. The minimum Gasteiger partial charge on any atom is -0.313 e. The summed E-state index contributed by atoms with van der Waals surface area (Å²) in [5, 5.41) is 4.06. The summed E-state index contributed by atoms with van der Waals surface area (Å²) in [6.45, 7) is 1.98. The topological polar surface area (TPSA) is 24.4 Å². The number of benzene rings is 1. The maximum absolute atomic E-state index is 4.06. The van der Waals surface area contributed by atoms with Gasteiger partial charge in [0.2, 0.25) is 0 Å². The van der Waals surface area contributed by atoms with Crippen LogP contribution in [0.4, 0.5) is 0 Å². The molecule has 2 nitrogen and oxygen atoms in total. The van der Waals surface area contributed by atoms with Gasteiger partial charge in [0, 0.05) is 7.05 Å². The Bertz CT molecular complexity index is 239. The molecule has 0 aliphatic heterocycles. The predicted molar refractivity (Wildman–Crippen MR) is 47.7 cm³/mol. The Morgan fingerprint density at radius 2 is 1.91 bits per heavy atom. The molecule has 0 atom stereocenters. The Hall–Kier alpha value is -1.31. The highest BCUT2D eigenvalue weighted by Crippen LogP contribution is 1.99. The van der Waals surface area contributed by atoms with Gasteiger partial charge in [-0.1, -0.05) is 30.3 Å². The number of nitrogens with one attached hydrogen (secondary N) is 1. The lowest BCUT2D eigenvalue weighted by Gasteiger charge is -1.98. The minimum atomic E-state index is 1.01. The van der Waals surface area contributed by atoms with E-state index in [9.17, 15) is 0 Å². The maximum atomic E-state index is 4.06. The van der Waals surface area contributed by atoms with Crippen LogP contribution in [0.15, 0.2) is 35.4 Å². The van der Waals surface area contributed by atoms with Crippen molar-refractivity contribution in [3.05, 3.63) is 35.9 Å². The van der Waals surface area contributed by atoms with Crippen molar-refractivity contribution in [1.29, 1.82) is 0 Å². The van der Waals surface area contributed by atoms with Gasteiger partial charge in [0.15, 0.2) is 0 Å². The van der Waals surface area contributed by atoms with E-state index >= 15 is 0 Å². The summed E-state index contributed by atoms with van der Waals surface area (Å²) in [6.07, 6.45) is 0. The quantitative estimate of drug-likeness (QED) is 0.500. The highest BCUT2D eigenvalue weighted by Gasteiger charge is 1.92. The third kappa shape index (κ3) is 2.08. The van der Waals surface area contributed by atoms with Crippen LogP contribution in [0.3, 0.4) is 0 Å². The molecule has 2 heteroatoms. The van der Waals surface area contributed by atoms with E-state index < -0.39 is 0 Å². The molecule has 0 spiro atoms. The average molecular weight is 148 g/mol. The fourth-order valence-electron chi connectivity index (χ4n) is 0.912. The van der Waals surface area contributed by atoms with E-state index in [0.29, 0.717) is 0 Å². The van der Waals surface area contributed by atoms with Crippen molar-refractivity contribution in [2.75, 3.05) is 7.05 Å². The molecule has 0 aliphatic carbocycles.